The van der Waals surface area contributed by atoms with Crippen LogP contribution >= 0.6 is 23.2 Å². The van der Waals surface area contributed by atoms with Gasteiger partial charge in [0.1, 0.15) is 36.9 Å². The van der Waals surface area contributed by atoms with Crippen LogP contribution in [0.25, 0.3) is 0 Å². The number of nitrogens with zero attached hydrogens (tertiary/aromatic N) is 4. The number of benzene rings is 3. The molecule has 238 valence electrons. The first-order chi connectivity index (χ1) is 21.2. The van der Waals surface area contributed by atoms with Gasteiger partial charge in [0.15, 0.2) is 0 Å². The van der Waals surface area contributed by atoms with Gasteiger partial charge in [-0.1, -0.05) is 35.3 Å². The van der Waals surface area contributed by atoms with Crippen LogP contribution in [-0.2, 0) is 0 Å². The highest BCUT2D eigenvalue weighted by Gasteiger charge is 2.22. The predicted octanol–water partition coefficient (Wildman–Crippen LogP) is 4.73. The van der Waals surface area contributed by atoms with Crippen LogP contribution in [0.4, 0.5) is 11.4 Å². The Labute approximate surface area is 271 Å². The second kappa shape index (κ2) is 15.5. The average molecular weight is 644 g/mol. The minimum atomic E-state index is -0.585. The van der Waals surface area contributed by atoms with E-state index in [0.29, 0.717) is 24.6 Å². The maximum absolute atomic E-state index is 10.6. The molecule has 5 rings (SSSR count). The number of piperazine rings is 2. The van der Waals surface area contributed by atoms with Crippen LogP contribution in [0.15, 0.2) is 60.7 Å². The molecule has 2 heterocycles. The standard InChI is InChI=1S/C34H44Cl2N4O4/c1-25-3-5-27(19-33(25)35)39-15-11-37(12-16-39)21-29(41)23-43-31-7-9-32(10-8-31)44-24-30(42)22-38-13-17-40(18-14-38)28-6-4-26(2)34(36)20-28/h3-10,19-20,29-30,41-42H,11-18,21-24H2,1-2H3/t29-,30-/m1/s1. The van der Waals surface area contributed by atoms with Gasteiger partial charge in [-0.2, -0.15) is 0 Å². The number of β-amino-alcohol motifs (C(OH)–C–C–N with tert-alkyl or cyclic N) is 2. The molecule has 0 aliphatic carbocycles. The number of aliphatic hydroxyl groups is 2. The van der Waals surface area contributed by atoms with Crippen molar-refractivity contribution in [1.82, 2.24) is 9.80 Å². The Kier molecular flexibility index (Phi) is 11.5. The zero-order valence-corrected chi connectivity index (χ0v) is 27.2. The Morgan fingerprint density at radius 2 is 0.955 bits per heavy atom. The van der Waals surface area contributed by atoms with Gasteiger partial charge in [0.2, 0.25) is 0 Å². The van der Waals surface area contributed by atoms with Gasteiger partial charge >= 0.3 is 0 Å². The first kappa shape index (κ1) is 32.7. The number of aryl methyl sites for hydroxylation is 2. The highest BCUT2D eigenvalue weighted by atomic mass is 35.5. The van der Waals surface area contributed by atoms with Crippen molar-refractivity contribution in [3.8, 4) is 11.5 Å². The Morgan fingerprint density at radius 1 is 0.591 bits per heavy atom. The van der Waals surface area contributed by atoms with Crippen molar-refractivity contribution < 1.29 is 19.7 Å². The van der Waals surface area contributed by atoms with E-state index in [-0.39, 0.29) is 13.2 Å². The maximum Gasteiger partial charge on any atom is 0.119 e. The zero-order valence-electron chi connectivity index (χ0n) is 25.7. The van der Waals surface area contributed by atoms with Crippen LogP contribution in [0.2, 0.25) is 10.0 Å². The van der Waals surface area contributed by atoms with E-state index >= 15 is 0 Å². The number of rotatable bonds is 12. The van der Waals surface area contributed by atoms with Crippen molar-refractivity contribution in [1.29, 1.82) is 0 Å². The Bertz CT molecular complexity index is 1240. The van der Waals surface area contributed by atoms with Crippen LogP contribution in [0.5, 0.6) is 11.5 Å². The van der Waals surface area contributed by atoms with E-state index in [1.807, 2.05) is 50.2 Å². The van der Waals surface area contributed by atoms with Gasteiger partial charge in [0.25, 0.3) is 0 Å². The van der Waals surface area contributed by atoms with Crippen molar-refractivity contribution >= 4 is 34.6 Å². The summed E-state index contributed by atoms with van der Waals surface area (Å²) in [6, 6.07) is 19.7. The summed E-state index contributed by atoms with van der Waals surface area (Å²) in [5, 5.41) is 22.7. The molecule has 2 N–H and O–H groups in total. The number of aliphatic hydroxyl groups excluding tert-OH is 2. The molecular formula is C34H44Cl2N4O4. The van der Waals surface area contributed by atoms with Gasteiger partial charge in [-0.25, -0.2) is 0 Å². The number of hydrogen-bond donors (Lipinski definition) is 2. The Morgan fingerprint density at radius 3 is 1.30 bits per heavy atom. The van der Waals surface area contributed by atoms with Gasteiger partial charge in [-0.3, -0.25) is 9.80 Å². The lowest BCUT2D eigenvalue weighted by Gasteiger charge is -2.37. The molecule has 44 heavy (non-hydrogen) atoms. The van der Waals surface area contributed by atoms with E-state index in [4.69, 9.17) is 32.7 Å². The van der Waals surface area contributed by atoms with Crippen molar-refractivity contribution in [3.05, 3.63) is 81.8 Å². The molecule has 10 heteroatoms. The van der Waals surface area contributed by atoms with Gasteiger partial charge in [0, 0.05) is 86.9 Å². The summed E-state index contributed by atoms with van der Waals surface area (Å²) in [5.41, 5.74) is 4.45. The smallest absolute Gasteiger partial charge is 0.119 e. The molecule has 2 aliphatic heterocycles. The second-order valence-electron chi connectivity index (χ2n) is 11.8. The SMILES string of the molecule is Cc1ccc(N2CCN(C[C@@H](O)COc3ccc(OC[C@H](O)CN4CCN(c5ccc(C)c(Cl)c5)CC4)cc3)CC2)cc1Cl. The molecule has 0 aromatic heterocycles. The van der Waals surface area contributed by atoms with Crippen LogP contribution in [0, 0.1) is 13.8 Å². The largest absolute Gasteiger partial charge is 0.491 e. The predicted molar refractivity (Wildman–Crippen MR) is 179 cm³/mol. The Balaban J connectivity index is 0.958. The lowest BCUT2D eigenvalue weighted by Crippen LogP contribution is -2.49. The first-order valence-electron chi connectivity index (χ1n) is 15.4. The van der Waals surface area contributed by atoms with Gasteiger partial charge < -0.3 is 29.5 Å². The van der Waals surface area contributed by atoms with Crippen molar-refractivity contribution in [3.63, 3.8) is 0 Å². The zero-order chi connectivity index (χ0) is 31.1. The summed E-state index contributed by atoms with van der Waals surface area (Å²) in [5.74, 6) is 1.34. The lowest BCUT2D eigenvalue weighted by molar-refractivity contribution is 0.0650. The lowest BCUT2D eigenvalue weighted by atomic mass is 10.2. The monoisotopic (exact) mass is 642 g/mol. The summed E-state index contributed by atoms with van der Waals surface area (Å²) in [6.45, 7) is 12.7. The number of anilines is 2. The van der Waals surface area contributed by atoms with Crippen LogP contribution in [-0.4, -0.2) is 111 Å². The summed E-state index contributed by atoms with van der Waals surface area (Å²) in [6.07, 6.45) is -1.17. The minimum absolute atomic E-state index is 0.219. The molecule has 2 aliphatic rings. The van der Waals surface area contributed by atoms with Crippen LogP contribution < -0.4 is 19.3 Å². The fourth-order valence-electron chi connectivity index (χ4n) is 5.65. The summed E-state index contributed by atoms with van der Waals surface area (Å²) in [4.78, 5) is 9.20. The molecule has 0 spiro atoms. The third-order valence-electron chi connectivity index (χ3n) is 8.43. The number of halogens is 2. The molecule has 0 radical (unpaired) electrons. The summed E-state index contributed by atoms with van der Waals surface area (Å²) >= 11 is 12.6. The highest BCUT2D eigenvalue weighted by molar-refractivity contribution is 6.31. The molecule has 0 saturated carbocycles. The average Bonchev–Trinajstić information content (AvgIpc) is 3.03. The highest BCUT2D eigenvalue weighted by Crippen LogP contribution is 2.25. The summed E-state index contributed by atoms with van der Waals surface area (Å²) in [7, 11) is 0. The molecule has 2 saturated heterocycles. The summed E-state index contributed by atoms with van der Waals surface area (Å²) < 4.78 is 11.7. The first-order valence-corrected chi connectivity index (χ1v) is 16.2. The maximum atomic E-state index is 10.6. The van der Waals surface area contributed by atoms with E-state index < -0.39 is 12.2 Å². The molecular weight excluding hydrogens is 599 g/mol. The van der Waals surface area contributed by atoms with Gasteiger partial charge in [-0.15, -0.1) is 0 Å². The van der Waals surface area contributed by atoms with Crippen LogP contribution in [0.1, 0.15) is 11.1 Å². The van der Waals surface area contributed by atoms with Crippen LogP contribution in [0.3, 0.4) is 0 Å². The third-order valence-corrected chi connectivity index (χ3v) is 9.25. The Hall–Kier alpha value is -2.72. The molecule has 3 aromatic carbocycles. The molecule has 0 bridgehead atoms. The normalized spacial score (nSPS) is 17.9. The number of ether oxygens (including phenoxy) is 2. The second-order valence-corrected chi connectivity index (χ2v) is 12.7. The molecule has 0 amide bonds. The molecule has 2 atom stereocenters. The van der Waals surface area contributed by atoms with E-state index in [2.05, 4.69) is 43.9 Å². The fraction of sp³-hybridized carbons (Fsp3) is 0.471. The molecule has 8 nitrogen and oxygen atoms in total. The van der Waals surface area contributed by atoms with Crippen molar-refractivity contribution in [2.45, 2.75) is 26.1 Å². The van der Waals surface area contributed by atoms with E-state index in [0.717, 1.165) is 84.9 Å². The van der Waals surface area contributed by atoms with Crippen molar-refractivity contribution in [2.75, 3.05) is 88.5 Å². The molecule has 2 fully saturated rings. The fourth-order valence-corrected chi connectivity index (χ4v) is 6.00. The van der Waals surface area contributed by atoms with E-state index in [1.165, 1.54) is 0 Å². The third kappa shape index (κ3) is 9.16. The van der Waals surface area contributed by atoms with Gasteiger partial charge in [0.05, 0.1) is 0 Å². The van der Waals surface area contributed by atoms with E-state index in [1.54, 1.807) is 0 Å². The topological polar surface area (TPSA) is 71.9 Å². The van der Waals surface area contributed by atoms with E-state index in [9.17, 15) is 10.2 Å². The number of hydrogen-bond acceptors (Lipinski definition) is 8. The molecule has 3 aromatic rings. The minimum Gasteiger partial charge on any atom is -0.491 e. The van der Waals surface area contributed by atoms with Gasteiger partial charge in [-0.05, 0) is 73.5 Å². The quantitative estimate of drug-likeness (QED) is 0.294. The van der Waals surface area contributed by atoms with Crippen molar-refractivity contribution in [2.24, 2.45) is 0 Å². The molecule has 0 unspecified atom stereocenters.